The largest absolute Gasteiger partial charge is 0.462 e. The summed E-state index contributed by atoms with van der Waals surface area (Å²) in [6.07, 6.45) is -38.8. The summed E-state index contributed by atoms with van der Waals surface area (Å²) in [6.45, 7) is 0. The van der Waals surface area contributed by atoms with Crippen LogP contribution in [0.3, 0.4) is 0 Å². The first-order valence-corrected chi connectivity index (χ1v) is 8.24. The zero-order valence-electron chi connectivity index (χ0n) is 16.3. The van der Waals surface area contributed by atoms with Gasteiger partial charge in [0.1, 0.15) is 5.82 Å². The van der Waals surface area contributed by atoms with Gasteiger partial charge in [0.25, 0.3) is 5.91 Å². The number of anilines is 1. The maximum Gasteiger partial charge on any atom is 0.462 e. The van der Waals surface area contributed by atoms with E-state index in [4.69, 9.17) is 0 Å². The van der Waals surface area contributed by atoms with E-state index in [0.29, 0.717) is 29.6 Å². The third-order valence-corrected chi connectivity index (χ3v) is 3.76. The Morgan fingerprint density at radius 1 is 0.595 bits per heavy atom. The van der Waals surface area contributed by atoms with E-state index < -0.39 is 65.8 Å². The number of hydrogen-bond acceptors (Lipinski definition) is 3. The molecule has 0 aliphatic carbocycles. The Morgan fingerprint density at radius 2 is 1.03 bits per heavy atom. The smallest absolute Gasteiger partial charge is 0.321 e. The fourth-order valence-electron chi connectivity index (χ4n) is 1.91. The second-order valence-electron chi connectivity index (χ2n) is 6.46. The van der Waals surface area contributed by atoms with Gasteiger partial charge in [-0.05, 0) is 24.3 Å². The van der Waals surface area contributed by atoms with Crippen LogP contribution in [0.15, 0.2) is 24.3 Å². The zero-order chi connectivity index (χ0) is 29.7. The van der Waals surface area contributed by atoms with E-state index in [2.05, 4.69) is 0 Å². The molecule has 0 saturated heterocycles. The van der Waals surface area contributed by atoms with Crippen LogP contribution in [-0.4, -0.2) is 54.3 Å². The highest BCUT2D eigenvalue weighted by Crippen LogP contribution is 2.56. The Balaban J connectivity index is 3.61. The van der Waals surface area contributed by atoms with Crippen molar-refractivity contribution in [2.45, 2.75) is 48.4 Å². The molecule has 2 atom stereocenters. The number of carbonyl (C=O) groups is 1. The van der Waals surface area contributed by atoms with Crippen molar-refractivity contribution in [3.63, 3.8) is 0 Å². The van der Waals surface area contributed by atoms with Crippen molar-refractivity contribution in [2.24, 2.45) is 0 Å². The van der Waals surface area contributed by atoms with E-state index in [0.717, 1.165) is 0 Å². The molecule has 0 aliphatic rings. The third kappa shape index (κ3) is 5.93. The van der Waals surface area contributed by atoms with Crippen LogP contribution in [0.2, 0.25) is 0 Å². The molecule has 1 rings (SSSR count). The quantitative estimate of drug-likeness (QED) is 0.347. The molecule has 0 saturated carbocycles. The summed E-state index contributed by atoms with van der Waals surface area (Å²) in [7, 11) is 0. The lowest BCUT2D eigenvalue weighted by Crippen LogP contribution is -2.68. The monoisotopic (exact) mass is 589 g/mol. The lowest BCUT2D eigenvalue weighted by Gasteiger charge is -2.40. The Hall–Kier alpha value is -2.65. The number of amides is 1. The van der Waals surface area contributed by atoms with E-state index in [-0.39, 0.29) is 0 Å². The van der Waals surface area contributed by atoms with Crippen LogP contribution in [0.4, 0.5) is 84.7 Å². The van der Waals surface area contributed by atoms with Crippen molar-refractivity contribution in [2.75, 3.05) is 5.32 Å². The van der Waals surface area contributed by atoms with Crippen molar-refractivity contribution in [1.82, 2.24) is 0 Å². The molecule has 0 radical (unpaired) electrons. The van der Waals surface area contributed by atoms with Gasteiger partial charge < -0.3 is 5.32 Å². The summed E-state index contributed by atoms with van der Waals surface area (Å²) in [5.74, 6) is -27.7. The van der Waals surface area contributed by atoms with Gasteiger partial charge in [0.05, 0.1) is 0 Å². The molecule has 4 nitrogen and oxygen atoms in total. The van der Waals surface area contributed by atoms with E-state index >= 15 is 0 Å². The normalized spacial score (nSPS) is 17.7. The second kappa shape index (κ2) is 9.27. The van der Waals surface area contributed by atoms with E-state index in [1.807, 2.05) is 4.74 Å². The molecule has 0 aliphatic heterocycles. The molecule has 1 amide bonds. The van der Waals surface area contributed by atoms with E-state index in [9.17, 15) is 83.8 Å². The molecule has 1 aromatic rings. The SMILES string of the molecule is O=C(Nc1ccc(F)cc1)[C@@](F)(OC(F)(F)[C@@](F)(OC(F)(F)C(F)(F)C(F)(F)F)C(F)(F)F)C(F)(F)F. The maximum absolute atomic E-state index is 14.3. The Labute approximate surface area is 190 Å². The number of alkyl halides is 17. The fraction of sp³-hybridized carbons (Fsp3) is 0.533. The zero-order valence-corrected chi connectivity index (χ0v) is 16.3. The minimum Gasteiger partial charge on any atom is -0.321 e. The highest BCUT2D eigenvalue weighted by Gasteiger charge is 2.85. The molecule has 0 spiro atoms. The summed E-state index contributed by atoms with van der Waals surface area (Å²) in [5.41, 5.74) is -1.13. The first-order valence-electron chi connectivity index (χ1n) is 8.24. The summed E-state index contributed by atoms with van der Waals surface area (Å²) in [4.78, 5) is 11.6. The molecule has 0 aromatic heterocycles. The van der Waals surface area contributed by atoms with Gasteiger partial charge in [-0.25, -0.2) is 4.39 Å². The van der Waals surface area contributed by atoms with Crippen LogP contribution in [0.1, 0.15) is 0 Å². The standard InChI is InChI=1S/C15H5F18NO3/c16-5-1-3-6(4-2-5)34-7(35)8(17,11(21,22)23)36-15(32,33)10(20,13(27,28)29)37-14(30,31)9(18,19)12(24,25)26/h1-4H,(H,34,35)/t8-,10+/m1/s1. The first-order chi connectivity index (χ1) is 16.1. The van der Waals surface area contributed by atoms with Crippen molar-refractivity contribution in [3.8, 4) is 0 Å². The first kappa shape index (κ1) is 32.4. The van der Waals surface area contributed by atoms with Crippen molar-refractivity contribution in [3.05, 3.63) is 30.1 Å². The van der Waals surface area contributed by atoms with Gasteiger partial charge >= 0.3 is 48.4 Å². The van der Waals surface area contributed by atoms with E-state index in [1.165, 1.54) is 4.74 Å². The average Bonchev–Trinajstić information content (AvgIpc) is 2.66. The number of ether oxygens (including phenoxy) is 2. The van der Waals surface area contributed by atoms with Gasteiger partial charge in [-0.1, -0.05) is 0 Å². The topological polar surface area (TPSA) is 47.6 Å². The van der Waals surface area contributed by atoms with Crippen LogP contribution in [0.5, 0.6) is 0 Å². The summed E-state index contributed by atoms with van der Waals surface area (Å²) >= 11 is 0. The van der Waals surface area contributed by atoms with Crippen molar-refractivity contribution in [1.29, 1.82) is 0 Å². The minimum atomic E-state index is -8.10. The van der Waals surface area contributed by atoms with Crippen LogP contribution in [0, 0.1) is 5.82 Å². The van der Waals surface area contributed by atoms with Gasteiger partial charge in [0, 0.05) is 5.69 Å². The lowest BCUT2D eigenvalue weighted by molar-refractivity contribution is -0.548. The van der Waals surface area contributed by atoms with Crippen LogP contribution in [-0.2, 0) is 14.3 Å². The Morgan fingerprint density at radius 3 is 1.38 bits per heavy atom. The molecular formula is C15H5F18NO3. The minimum absolute atomic E-state index is 0.292. The molecule has 22 heteroatoms. The molecule has 0 heterocycles. The van der Waals surface area contributed by atoms with Gasteiger partial charge in [-0.3, -0.25) is 14.3 Å². The molecule has 1 aromatic carbocycles. The number of nitrogens with one attached hydrogen (secondary N) is 1. The van der Waals surface area contributed by atoms with Crippen molar-refractivity contribution >= 4 is 11.6 Å². The number of hydrogen-bond donors (Lipinski definition) is 1. The highest BCUT2D eigenvalue weighted by molar-refractivity contribution is 5.96. The average molecular weight is 589 g/mol. The van der Waals surface area contributed by atoms with Crippen LogP contribution < -0.4 is 5.32 Å². The van der Waals surface area contributed by atoms with Gasteiger partial charge in [0.2, 0.25) is 0 Å². The molecule has 0 fully saturated rings. The maximum atomic E-state index is 14.3. The highest BCUT2D eigenvalue weighted by atomic mass is 19.4. The number of rotatable bonds is 8. The van der Waals surface area contributed by atoms with Crippen LogP contribution >= 0.6 is 0 Å². The van der Waals surface area contributed by atoms with Crippen molar-refractivity contribution < 1.29 is 93.3 Å². The number of halogens is 18. The summed E-state index contributed by atoms with van der Waals surface area (Å²) < 4.78 is 238. The predicted molar refractivity (Wildman–Crippen MR) is 77.9 cm³/mol. The molecular weight excluding hydrogens is 584 g/mol. The number of benzene rings is 1. The molecule has 37 heavy (non-hydrogen) atoms. The Kier molecular flexibility index (Phi) is 8.11. The molecule has 214 valence electrons. The predicted octanol–water partition coefficient (Wildman–Crippen LogP) is 6.64. The fourth-order valence-corrected chi connectivity index (χ4v) is 1.91. The summed E-state index contributed by atoms with van der Waals surface area (Å²) in [5, 5.41) is 0.701. The second-order valence-corrected chi connectivity index (χ2v) is 6.46. The molecule has 0 unspecified atom stereocenters. The molecule has 0 bridgehead atoms. The van der Waals surface area contributed by atoms with Crippen LogP contribution in [0.25, 0.3) is 0 Å². The van der Waals surface area contributed by atoms with Gasteiger partial charge in [-0.15, -0.1) is 0 Å². The van der Waals surface area contributed by atoms with E-state index in [1.54, 1.807) is 0 Å². The van der Waals surface area contributed by atoms with Gasteiger partial charge in [0.15, 0.2) is 0 Å². The van der Waals surface area contributed by atoms with Gasteiger partial charge in [-0.2, -0.15) is 74.6 Å². The third-order valence-electron chi connectivity index (χ3n) is 3.76. The Bertz CT molecular complexity index is 969. The number of carbonyl (C=O) groups excluding carboxylic acids is 1. The summed E-state index contributed by atoms with van der Waals surface area (Å²) in [6, 6.07) is 1.23. The molecule has 1 N–H and O–H groups in total. The lowest BCUT2D eigenvalue weighted by atomic mass is 10.2.